The first kappa shape index (κ1) is 22.8. The van der Waals surface area contributed by atoms with Gasteiger partial charge in [0.2, 0.25) is 5.91 Å². The third-order valence-corrected chi connectivity index (χ3v) is 6.73. The van der Waals surface area contributed by atoms with Crippen LogP contribution in [0.3, 0.4) is 0 Å². The summed E-state index contributed by atoms with van der Waals surface area (Å²) < 4.78 is 32.7. The van der Waals surface area contributed by atoms with Crippen LogP contribution in [-0.2, 0) is 19.6 Å². The van der Waals surface area contributed by atoms with Crippen molar-refractivity contribution in [2.24, 2.45) is 0 Å². The minimum absolute atomic E-state index is 0.189. The molecule has 0 saturated carbocycles. The number of rotatable bonds is 8. The molecule has 9 heteroatoms. The number of ether oxygens (including phenoxy) is 1. The molecule has 166 valence electrons. The predicted octanol–water partition coefficient (Wildman–Crippen LogP) is 2.16. The van der Waals surface area contributed by atoms with Crippen LogP contribution >= 0.6 is 0 Å². The second-order valence-corrected chi connectivity index (χ2v) is 9.04. The average Bonchev–Trinajstić information content (AvgIpc) is 3.24. The van der Waals surface area contributed by atoms with Crippen molar-refractivity contribution in [3.8, 4) is 0 Å². The quantitative estimate of drug-likeness (QED) is 0.606. The molecule has 1 saturated heterocycles. The van der Waals surface area contributed by atoms with E-state index < -0.39 is 16.1 Å². The third-order valence-electron chi connectivity index (χ3n) is 5.19. The van der Waals surface area contributed by atoms with Crippen LogP contribution in [0.5, 0.6) is 0 Å². The Morgan fingerprint density at radius 2 is 1.84 bits per heavy atom. The number of hydrogen-bond acceptors (Lipinski definition) is 5. The van der Waals surface area contributed by atoms with E-state index >= 15 is 0 Å². The van der Waals surface area contributed by atoms with Crippen LogP contribution in [0.2, 0.25) is 0 Å². The maximum atomic E-state index is 12.9. The van der Waals surface area contributed by atoms with Gasteiger partial charge in [-0.2, -0.15) is 0 Å². The summed E-state index contributed by atoms with van der Waals surface area (Å²) in [6.45, 7) is 3.03. The van der Waals surface area contributed by atoms with Crippen molar-refractivity contribution in [2.45, 2.75) is 30.7 Å². The van der Waals surface area contributed by atoms with Crippen molar-refractivity contribution in [1.29, 1.82) is 0 Å². The van der Waals surface area contributed by atoms with Gasteiger partial charge in [-0.15, -0.1) is 0 Å². The molecule has 1 atom stereocenters. The SMILES string of the molecule is COCCNC(=O)C1CCCN1C(=O)c1ccc(NS(=O)(=O)c2ccccc2C)cc1. The first-order valence-corrected chi connectivity index (χ1v) is 11.6. The lowest BCUT2D eigenvalue weighted by molar-refractivity contribution is -0.125. The largest absolute Gasteiger partial charge is 0.383 e. The van der Waals surface area contributed by atoms with Crippen molar-refractivity contribution in [1.82, 2.24) is 10.2 Å². The molecule has 0 spiro atoms. The molecule has 1 heterocycles. The lowest BCUT2D eigenvalue weighted by Crippen LogP contribution is -2.46. The number of carbonyl (C=O) groups is 2. The highest BCUT2D eigenvalue weighted by Gasteiger charge is 2.34. The number of nitrogens with one attached hydrogen (secondary N) is 2. The number of methoxy groups -OCH3 is 1. The van der Waals surface area contributed by atoms with Crippen LogP contribution in [0.25, 0.3) is 0 Å². The van der Waals surface area contributed by atoms with Gasteiger partial charge in [0.15, 0.2) is 0 Å². The topological polar surface area (TPSA) is 105 Å². The summed E-state index contributed by atoms with van der Waals surface area (Å²) in [6.07, 6.45) is 1.36. The molecule has 0 aromatic heterocycles. The Morgan fingerprint density at radius 3 is 2.52 bits per heavy atom. The summed E-state index contributed by atoms with van der Waals surface area (Å²) in [5.74, 6) is -0.441. The van der Waals surface area contributed by atoms with Gasteiger partial charge in [-0.25, -0.2) is 8.42 Å². The molecule has 0 radical (unpaired) electrons. The zero-order valence-electron chi connectivity index (χ0n) is 17.6. The molecule has 0 aliphatic carbocycles. The fourth-order valence-corrected chi connectivity index (χ4v) is 4.90. The van der Waals surface area contributed by atoms with Crippen LogP contribution < -0.4 is 10.0 Å². The Morgan fingerprint density at radius 1 is 1.13 bits per heavy atom. The molecule has 1 aliphatic rings. The smallest absolute Gasteiger partial charge is 0.262 e. The van der Waals surface area contributed by atoms with Crippen LogP contribution in [-0.4, -0.2) is 58.0 Å². The number of carbonyl (C=O) groups excluding carboxylic acids is 2. The zero-order valence-corrected chi connectivity index (χ0v) is 18.4. The minimum atomic E-state index is -3.73. The molecule has 2 amide bonds. The van der Waals surface area contributed by atoms with Gasteiger partial charge in [-0.1, -0.05) is 18.2 Å². The number of hydrogen-bond donors (Lipinski definition) is 2. The standard InChI is InChI=1S/C22H27N3O5S/c1-16-6-3-4-8-20(16)31(28,29)24-18-11-9-17(10-12-18)22(27)25-14-5-7-19(25)21(26)23-13-15-30-2/h3-4,6,8-12,19,24H,5,7,13-15H2,1-2H3,(H,23,26). The number of amides is 2. The molecular weight excluding hydrogens is 418 g/mol. The molecule has 2 aromatic carbocycles. The van der Waals surface area contributed by atoms with Crippen molar-refractivity contribution >= 4 is 27.5 Å². The van der Waals surface area contributed by atoms with Crippen molar-refractivity contribution in [3.05, 3.63) is 59.7 Å². The van der Waals surface area contributed by atoms with Gasteiger partial charge in [-0.05, 0) is 55.7 Å². The van der Waals surface area contributed by atoms with Crippen LogP contribution in [0.4, 0.5) is 5.69 Å². The second-order valence-electron chi connectivity index (χ2n) is 7.39. The number of benzene rings is 2. The highest BCUT2D eigenvalue weighted by molar-refractivity contribution is 7.92. The van der Waals surface area contributed by atoms with E-state index in [4.69, 9.17) is 4.74 Å². The highest BCUT2D eigenvalue weighted by atomic mass is 32.2. The van der Waals surface area contributed by atoms with E-state index in [9.17, 15) is 18.0 Å². The van der Waals surface area contributed by atoms with Crippen molar-refractivity contribution in [3.63, 3.8) is 0 Å². The van der Waals surface area contributed by atoms with E-state index in [0.29, 0.717) is 42.9 Å². The van der Waals surface area contributed by atoms with Crippen molar-refractivity contribution in [2.75, 3.05) is 31.5 Å². The number of aryl methyl sites for hydroxylation is 1. The minimum Gasteiger partial charge on any atom is -0.383 e. The van der Waals surface area contributed by atoms with Crippen molar-refractivity contribution < 1.29 is 22.7 Å². The molecule has 2 aromatic rings. The zero-order chi connectivity index (χ0) is 22.4. The summed E-state index contributed by atoms with van der Waals surface area (Å²) >= 11 is 0. The summed E-state index contributed by atoms with van der Waals surface area (Å²) in [7, 11) is -2.17. The normalized spacial score (nSPS) is 16.2. The Hall–Kier alpha value is -2.91. The van der Waals surface area contributed by atoms with E-state index in [2.05, 4.69) is 10.0 Å². The Labute approximate surface area is 182 Å². The van der Waals surface area contributed by atoms with E-state index in [1.165, 1.54) is 0 Å². The fourth-order valence-electron chi connectivity index (χ4n) is 3.59. The molecule has 1 fully saturated rings. The number of anilines is 1. The Balaban J connectivity index is 1.69. The molecular formula is C22H27N3O5S. The lowest BCUT2D eigenvalue weighted by Gasteiger charge is -2.24. The van der Waals surface area contributed by atoms with E-state index in [-0.39, 0.29) is 16.7 Å². The molecule has 8 nitrogen and oxygen atoms in total. The second kappa shape index (κ2) is 9.93. The van der Waals surface area contributed by atoms with Crippen LogP contribution in [0, 0.1) is 6.92 Å². The molecule has 0 bridgehead atoms. The number of sulfonamides is 1. The first-order valence-electron chi connectivity index (χ1n) is 10.1. The highest BCUT2D eigenvalue weighted by Crippen LogP contribution is 2.23. The monoisotopic (exact) mass is 445 g/mol. The fraction of sp³-hybridized carbons (Fsp3) is 0.364. The van der Waals surface area contributed by atoms with E-state index in [1.807, 2.05) is 0 Å². The van der Waals surface area contributed by atoms with Gasteiger partial charge in [0.25, 0.3) is 15.9 Å². The molecule has 3 rings (SSSR count). The number of likely N-dealkylation sites (tertiary alicyclic amines) is 1. The first-order chi connectivity index (χ1) is 14.8. The van der Waals surface area contributed by atoms with Gasteiger partial charge in [0.05, 0.1) is 11.5 Å². The predicted molar refractivity (Wildman–Crippen MR) is 117 cm³/mol. The molecule has 1 aliphatic heterocycles. The Bertz CT molecular complexity index is 1040. The Kier molecular flexibility index (Phi) is 7.29. The molecule has 1 unspecified atom stereocenters. The number of nitrogens with zero attached hydrogens (tertiary/aromatic N) is 1. The van der Waals surface area contributed by atoms with Gasteiger partial charge in [0, 0.05) is 31.5 Å². The van der Waals surface area contributed by atoms with E-state index in [1.54, 1.807) is 67.5 Å². The van der Waals surface area contributed by atoms with Gasteiger partial charge < -0.3 is 15.0 Å². The van der Waals surface area contributed by atoms with Crippen LogP contribution in [0.15, 0.2) is 53.4 Å². The summed E-state index contributed by atoms with van der Waals surface area (Å²) in [5, 5.41) is 2.78. The maximum Gasteiger partial charge on any atom is 0.262 e. The van der Waals surface area contributed by atoms with Gasteiger partial charge in [-0.3, -0.25) is 14.3 Å². The summed E-state index contributed by atoms with van der Waals surface area (Å²) in [6, 6.07) is 12.4. The van der Waals surface area contributed by atoms with Gasteiger partial charge in [0.1, 0.15) is 6.04 Å². The summed E-state index contributed by atoms with van der Waals surface area (Å²) in [4.78, 5) is 27.1. The average molecular weight is 446 g/mol. The maximum absolute atomic E-state index is 12.9. The van der Waals surface area contributed by atoms with Crippen LogP contribution in [0.1, 0.15) is 28.8 Å². The van der Waals surface area contributed by atoms with E-state index in [0.717, 1.165) is 6.42 Å². The van der Waals surface area contributed by atoms with Gasteiger partial charge >= 0.3 is 0 Å². The lowest BCUT2D eigenvalue weighted by atomic mass is 10.1. The summed E-state index contributed by atoms with van der Waals surface area (Å²) in [5.41, 5.74) is 1.40. The third kappa shape index (κ3) is 5.42. The molecule has 31 heavy (non-hydrogen) atoms. The molecule has 2 N–H and O–H groups in total.